The number of hydrogen-bond donors (Lipinski definition) is 2. The number of benzene rings is 1. The number of hydrogen-bond acceptors (Lipinski definition) is 2. The quantitative estimate of drug-likeness (QED) is 0.845. The lowest BCUT2D eigenvalue weighted by Crippen LogP contribution is -2.28. The first-order valence-corrected chi connectivity index (χ1v) is 7.06. The normalized spacial score (nSPS) is 10.2. The molecule has 0 aliphatic rings. The highest BCUT2D eigenvalue weighted by atomic mass is 35.5. The van der Waals surface area contributed by atoms with Crippen molar-refractivity contribution < 1.29 is 0 Å². The molecular weight excluding hydrogens is 290 g/mol. The van der Waals surface area contributed by atoms with Crippen LogP contribution in [0.3, 0.4) is 0 Å². The van der Waals surface area contributed by atoms with Crippen LogP contribution >= 0.6 is 23.8 Å². The largest absolute Gasteiger partial charge is 0.358 e. The number of thiocarbonyl (C=S) groups is 1. The summed E-state index contributed by atoms with van der Waals surface area (Å²) in [5, 5.41) is 7.52. The molecule has 5 heteroatoms. The molecule has 0 aliphatic carbocycles. The summed E-state index contributed by atoms with van der Waals surface area (Å²) in [7, 11) is 0. The van der Waals surface area contributed by atoms with Gasteiger partial charge < -0.3 is 10.6 Å². The molecule has 2 aromatic rings. The summed E-state index contributed by atoms with van der Waals surface area (Å²) < 4.78 is 0. The summed E-state index contributed by atoms with van der Waals surface area (Å²) in [5.41, 5.74) is 3.24. The first-order chi connectivity index (χ1) is 9.52. The van der Waals surface area contributed by atoms with Crippen molar-refractivity contribution in [2.24, 2.45) is 0 Å². The molecule has 0 atom stereocenters. The third kappa shape index (κ3) is 4.47. The number of halogens is 1. The SMILES string of the molecule is Cc1cc(C)nc(NC(=S)NCc2ccc(Cl)cc2)c1. The fourth-order valence-corrected chi connectivity index (χ4v) is 2.15. The van der Waals surface area contributed by atoms with Crippen LogP contribution in [0.2, 0.25) is 5.02 Å². The van der Waals surface area contributed by atoms with E-state index < -0.39 is 0 Å². The Hall–Kier alpha value is -1.65. The van der Waals surface area contributed by atoms with Crippen LogP contribution in [0, 0.1) is 13.8 Å². The lowest BCUT2D eigenvalue weighted by Gasteiger charge is -2.11. The zero-order valence-electron chi connectivity index (χ0n) is 11.4. The standard InChI is InChI=1S/C15H16ClN3S/c1-10-7-11(2)18-14(8-10)19-15(20)17-9-12-3-5-13(16)6-4-12/h3-8H,9H2,1-2H3,(H2,17,18,19,20). The Labute approximate surface area is 129 Å². The Bertz CT molecular complexity index is 591. The third-order valence-corrected chi connectivity index (χ3v) is 3.20. The van der Waals surface area contributed by atoms with Crippen LogP contribution in [-0.2, 0) is 6.54 Å². The zero-order valence-corrected chi connectivity index (χ0v) is 13.0. The molecular formula is C15H16ClN3S. The molecule has 0 amide bonds. The molecule has 0 saturated carbocycles. The minimum Gasteiger partial charge on any atom is -0.358 e. The Morgan fingerprint density at radius 2 is 1.90 bits per heavy atom. The van der Waals surface area contributed by atoms with E-state index in [9.17, 15) is 0 Å². The molecule has 0 saturated heterocycles. The van der Waals surface area contributed by atoms with Crippen molar-refractivity contribution in [3.8, 4) is 0 Å². The number of nitrogens with zero attached hydrogens (tertiary/aromatic N) is 1. The number of aryl methyl sites for hydroxylation is 2. The van der Waals surface area contributed by atoms with E-state index in [-0.39, 0.29) is 0 Å². The lowest BCUT2D eigenvalue weighted by molar-refractivity contribution is 0.924. The highest BCUT2D eigenvalue weighted by Crippen LogP contribution is 2.10. The van der Waals surface area contributed by atoms with E-state index in [0.717, 1.165) is 27.7 Å². The predicted molar refractivity (Wildman–Crippen MR) is 88.2 cm³/mol. The second-order valence-corrected chi connectivity index (χ2v) is 5.45. The van der Waals surface area contributed by atoms with Crippen molar-refractivity contribution in [2.75, 3.05) is 5.32 Å². The van der Waals surface area contributed by atoms with E-state index in [2.05, 4.69) is 15.6 Å². The van der Waals surface area contributed by atoms with Gasteiger partial charge in [0.1, 0.15) is 5.82 Å². The molecule has 0 aliphatic heterocycles. The van der Waals surface area contributed by atoms with Crippen molar-refractivity contribution >= 4 is 34.7 Å². The molecule has 0 unspecified atom stereocenters. The van der Waals surface area contributed by atoms with E-state index in [1.54, 1.807) is 0 Å². The maximum Gasteiger partial charge on any atom is 0.172 e. The second kappa shape index (κ2) is 6.68. The van der Waals surface area contributed by atoms with Gasteiger partial charge in [0.2, 0.25) is 0 Å². The Kier molecular flexibility index (Phi) is 4.93. The fourth-order valence-electron chi connectivity index (χ4n) is 1.85. The maximum atomic E-state index is 5.84. The van der Waals surface area contributed by atoms with Gasteiger partial charge in [-0.25, -0.2) is 4.98 Å². The van der Waals surface area contributed by atoms with Crippen LogP contribution in [0.1, 0.15) is 16.8 Å². The molecule has 0 spiro atoms. The van der Waals surface area contributed by atoms with Crippen molar-refractivity contribution in [3.63, 3.8) is 0 Å². The average molecular weight is 306 g/mol. The number of anilines is 1. The topological polar surface area (TPSA) is 37.0 Å². The van der Waals surface area contributed by atoms with Gasteiger partial charge in [-0.05, 0) is 61.5 Å². The molecule has 1 aromatic heterocycles. The molecule has 0 fully saturated rings. The summed E-state index contributed by atoms with van der Waals surface area (Å²) in [6, 6.07) is 11.6. The van der Waals surface area contributed by atoms with E-state index in [4.69, 9.17) is 23.8 Å². The first-order valence-electron chi connectivity index (χ1n) is 6.27. The summed E-state index contributed by atoms with van der Waals surface area (Å²) >= 11 is 11.1. The minimum atomic E-state index is 0.553. The summed E-state index contributed by atoms with van der Waals surface area (Å²) in [4.78, 5) is 4.38. The third-order valence-electron chi connectivity index (χ3n) is 2.71. The highest BCUT2D eigenvalue weighted by Gasteiger charge is 2.01. The van der Waals surface area contributed by atoms with Gasteiger partial charge in [0.25, 0.3) is 0 Å². The van der Waals surface area contributed by atoms with Gasteiger partial charge >= 0.3 is 0 Å². The Balaban J connectivity index is 1.90. The average Bonchev–Trinajstić information content (AvgIpc) is 2.37. The number of pyridine rings is 1. The molecule has 3 nitrogen and oxygen atoms in total. The van der Waals surface area contributed by atoms with Gasteiger partial charge in [-0.1, -0.05) is 23.7 Å². The molecule has 1 heterocycles. The zero-order chi connectivity index (χ0) is 14.5. The lowest BCUT2D eigenvalue weighted by atomic mass is 10.2. The highest BCUT2D eigenvalue weighted by molar-refractivity contribution is 7.80. The molecule has 0 bridgehead atoms. The second-order valence-electron chi connectivity index (χ2n) is 4.61. The van der Waals surface area contributed by atoms with Gasteiger partial charge in [0.15, 0.2) is 5.11 Å². The van der Waals surface area contributed by atoms with E-state index in [0.29, 0.717) is 11.7 Å². The van der Waals surface area contributed by atoms with Gasteiger partial charge in [0.05, 0.1) is 0 Å². The maximum absolute atomic E-state index is 5.84. The monoisotopic (exact) mass is 305 g/mol. The van der Waals surface area contributed by atoms with Crippen LogP contribution < -0.4 is 10.6 Å². The van der Waals surface area contributed by atoms with E-state index in [1.807, 2.05) is 50.2 Å². The van der Waals surface area contributed by atoms with Crippen molar-refractivity contribution in [2.45, 2.75) is 20.4 Å². The Morgan fingerprint density at radius 1 is 1.20 bits per heavy atom. The minimum absolute atomic E-state index is 0.553. The molecule has 1 aromatic carbocycles. The molecule has 2 rings (SSSR count). The number of rotatable bonds is 3. The van der Waals surface area contributed by atoms with Gasteiger partial charge in [0, 0.05) is 17.3 Å². The van der Waals surface area contributed by atoms with Crippen LogP contribution in [0.4, 0.5) is 5.82 Å². The van der Waals surface area contributed by atoms with Crippen molar-refractivity contribution in [1.29, 1.82) is 0 Å². The van der Waals surface area contributed by atoms with Gasteiger partial charge in [-0.2, -0.15) is 0 Å². The van der Waals surface area contributed by atoms with Crippen LogP contribution in [0.5, 0.6) is 0 Å². The molecule has 20 heavy (non-hydrogen) atoms. The van der Waals surface area contributed by atoms with Gasteiger partial charge in [-0.3, -0.25) is 0 Å². The fraction of sp³-hybridized carbons (Fsp3) is 0.200. The van der Waals surface area contributed by atoms with Gasteiger partial charge in [-0.15, -0.1) is 0 Å². The first kappa shape index (κ1) is 14.8. The number of aromatic nitrogens is 1. The smallest absolute Gasteiger partial charge is 0.172 e. The molecule has 0 radical (unpaired) electrons. The van der Waals surface area contributed by atoms with E-state index >= 15 is 0 Å². The van der Waals surface area contributed by atoms with Crippen LogP contribution in [-0.4, -0.2) is 10.1 Å². The predicted octanol–water partition coefficient (Wildman–Crippen LogP) is 3.84. The van der Waals surface area contributed by atoms with Crippen LogP contribution in [0.25, 0.3) is 0 Å². The summed E-state index contributed by atoms with van der Waals surface area (Å²) in [5.74, 6) is 0.760. The molecule has 2 N–H and O–H groups in total. The number of nitrogens with one attached hydrogen (secondary N) is 2. The van der Waals surface area contributed by atoms with Crippen molar-refractivity contribution in [3.05, 3.63) is 58.2 Å². The Morgan fingerprint density at radius 3 is 2.55 bits per heavy atom. The summed E-state index contributed by atoms with van der Waals surface area (Å²) in [6.45, 7) is 4.64. The summed E-state index contributed by atoms with van der Waals surface area (Å²) in [6.07, 6.45) is 0. The van der Waals surface area contributed by atoms with Crippen LogP contribution in [0.15, 0.2) is 36.4 Å². The van der Waals surface area contributed by atoms with Crippen molar-refractivity contribution in [1.82, 2.24) is 10.3 Å². The molecule has 104 valence electrons. The van der Waals surface area contributed by atoms with E-state index in [1.165, 1.54) is 0 Å².